The molecule has 2 aromatic carbocycles. The molecule has 0 spiro atoms. The van der Waals surface area contributed by atoms with Crippen molar-refractivity contribution < 1.29 is 14.3 Å². The van der Waals surface area contributed by atoms with Crippen LogP contribution in [0.3, 0.4) is 0 Å². The van der Waals surface area contributed by atoms with Gasteiger partial charge in [0, 0.05) is 4.47 Å². The Morgan fingerprint density at radius 1 is 1.16 bits per heavy atom. The van der Waals surface area contributed by atoms with Crippen LogP contribution in [0.25, 0.3) is 12.2 Å². The molecular weight excluding hydrogens is 380 g/mol. The largest absolute Gasteiger partial charge is 0.492 e. The molecular formula is C21H21BrO3. The lowest BCUT2D eigenvalue weighted by molar-refractivity contribution is 0.0594. The number of carbonyl (C=O) groups excluding carboxylic acids is 1. The van der Waals surface area contributed by atoms with Gasteiger partial charge in [0.25, 0.3) is 0 Å². The van der Waals surface area contributed by atoms with Crippen molar-refractivity contribution in [2.45, 2.75) is 26.7 Å². The van der Waals surface area contributed by atoms with Crippen LogP contribution in [-0.4, -0.2) is 19.7 Å². The first-order chi connectivity index (χ1) is 12.0. The number of rotatable bonds is 3. The third-order valence-corrected chi connectivity index (χ3v) is 5.18. The number of methoxy groups -OCH3 is 1. The molecule has 1 aliphatic heterocycles. The summed E-state index contributed by atoms with van der Waals surface area (Å²) in [4.78, 5) is 12.3. The molecule has 0 fully saturated rings. The monoisotopic (exact) mass is 400 g/mol. The summed E-state index contributed by atoms with van der Waals surface area (Å²) in [5.41, 5.74) is 5.92. The molecule has 1 aliphatic rings. The Morgan fingerprint density at radius 3 is 2.56 bits per heavy atom. The van der Waals surface area contributed by atoms with Gasteiger partial charge in [0.1, 0.15) is 11.3 Å². The second kappa shape index (κ2) is 7.44. The Hall–Kier alpha value is -2.07. The highest BCUT2D eigenvalue weighted by atomic mass is 79.9. The topological polar surface area (TPSA) is 35.5 Å². The quantitative estimate of drug-likeness (QED) is 0.514. The molecule has 0 unspecified atom stereocenters. The molecule has 0 bridgehead atoms. The molecule has 4 heteroatoms. The molecule has 0 aliphatic carbocycles. The summed E-state index contributed by atoms with van der Waals surface area (Å²) in [7, 11) is 1.41. The lowest BCUT2D eigenvalue weighted by Crippen LogP contribution is -2.17. The van der Waals surface area contributed by atoms with Crippen LogP contribution in [0.2, 0.25) is 0 Å². The van der Waals surface area contributed by atoms with E-state index in [0.29, 0.717) is 17.9 Å². The van der Waals surface area contributed by atoms with Crippen molar-refractivity contribution in [3.8, 4) is 5.75 Å². The van der Waals surface area contributed by atoms with Gasteiger partial charge >= 0.3 is 5.97 Å². The van der Waals surface area contributed by atoms with Gasteiger partial charge in [-0.25, -0.2) is 4.79 Å². The molecule has 0 aromatic heterocycles. The molecule has 130 valence electrons. The highest BCUT2D eigenvalue weighted by molar-refractivity contribution is 9.10. The summed E-state index contributed by atoms with van der Waals surface area (Å²) in [5, 5.41) is 0. The van der Waals surface area contributed by atoms with Crippen LogP contribution in [0.1, 0.15) is 44.6 Å². The van der Waals surface area contributed by atoms with Crippen molar-refractivity contribution in [3.05, 3.63) is 62.1 Å². The Morgan fingerprint density at radius 2 is 1.88 bits per heavy atom. The van der Waals surface area contributed by atoms with Gasteiger partial charge in [-0.1, -0.05) is 40.2 Å². The van der Waals surface area contributed by atoms with Crippen molar-refractivity contribution in [1.29, 1.82) is 0 Å². The van der Waals surface area contributed by atoms with E-state index in [9.17, 15) is 4.79 Å². The van der Waals surface area contributed by atoms with E-state index < -0.39 is 0 Å². The maximum atomic E-state index is 12.3. The summed E-state index contributed by atoms with van der Waals surface area (Å²) >= 11 is 3.45. The molecule has 0 radical (unpaired) electrons. The highest BCUT2D eigenvalue weighted by Gasteiger charge is 2.26. The maximum absolute atomic E-state index is 12.3. The molecule has 25 heavy (non-hydrogen) atoms. The van der Waals surface area contributed by atoms with Gasteiger partial charge in [-0.05, 0) is 66.6 Å². The first-order valence-electron chi connectivity index (χ1n) is 8.33. The average Bonchev–Trinajstić information content (AvgIpc) is 2.63. The van der Waals surface area contributed by atoms with Gasteiger partial charge < -0.3 is 9.47 Å². The van der Waals surface area contributed by atoms with Crippen molar-refractivity contribution in [1.82, 2.24) is 0 Å². The molecule has 0 N–H and O–H groups in total. The van der Waals surface area contributed by atoms with Crippen molar-refractivity contribution in [2.75, 3.05) is 13.7 Å². The first-order valence-corrected chi connectivity index (χ1v) is 9.13. The number of esters is 1. The zero-order valence-electron chi connectivity index (χ0n) is 14.7. The second-order valence-corrected chi connectivity index (χ2v) is 7.09. The number of fused-ring (bicyclic) bond motifs is 1. The number of carbonyl (C=O) groups is 1. The van der Waals surface area contributed by atoms with Gasteiger partial charge in [0.15, 0.2) is 0 Å². The Balaban J connectivity index is 2.12. The van der Waals surface area contributed by atoms with Crippen LogP contribution in [0.4, 0.5) is 0 Å². The zero-order chi connectivity index (χ0) is 18.0. The Labute approximate surface area is 156 Å². The van der Waals surface area contributed by atoms with E-state index in [2.05, 4.69) is 35.0 Å². The van der Waals surface area contributed by atoms with E-state index in [4.69, 9.17) is 9.47 Å². The summed E-state index contributed by atoms with van der Waals surface area (Å²) in [6.45, 7) is 4.70. The number of hydrogen-bond acceptors (Lipinski definition) is 3. The molecule has 0 saturated carbocycles. The number of benzene rings is 2. The normalized spacial score (nSPS) is 13.4. The third kappa shape index (κ3) is 3.49. The maximum Gasteiger partial charge on any atom is 0.341 e. The molecule has 0 saturated heterocycles. The van der Waals surface area contributed by atoms with Crippen LogP contribution in [-0.2, 0) is 11.2 Å². The summed E-state index contributed by atoms with van der Waals surface area (Å²) in [5.74, 6) is 0.364. The Kier molecular flexibility index (Phi) is 5.28. The summed E-state index contributed by atoms with van der Waals surface area (Å²) in [6.07, 6.45) is 6.03. The molecule has 2 aromatic rings. The van der Waals surface area contributed by atoms with Crippen LogP contribution < -0.4 is 4.74 Å². The highest BCUT2D eigenvalue weighted by Crippen LogP contribution is 2.38. The van der Waals surface area contributed by atoms with Gasteiger partial charge in [0.2, 0.25) is 0 Å². The first kappa shape index (κ1) is 17.7. The minimum atomic E-state index is -0.339. The van der Waals surface area contributed by atoms with Crippen molar-refractivity contribution >= 4 is 34.1 Å². The molecule has 0 atom stereocenters. The van der Waals surface area contributed by atoms with Crippen LogP contribution in [0.5, 0.6) is 5.75 Å². The van der Waals surface area contributed by atoms with Crippen LogP contribution in [0.15, 0.2) is 28.7 Å². The summed E-state index contributed by atoms with van der Waals surface area (Å²) in [6, 6.07) is 8.13. The van der Waals surface area contributed by atoms with Gasteiger partial charge in [-0.2, -0.15) is 0 Å². The minimum Gasteiger partial charge on any atom is -0.492 e. The van der Waals surface area contributed by atoms with Crippen LogP contribution in [0, 0.1) is 13.8 Å². The smallest absolute Gasteiger partial charge is 0.341 e. The Bertz CT molecular complexity index is 835. The minimum absolute atomic E-state index is 0.339. The average molecular weight is 401 g/mol. The predicted molar refractivity (Wildman–Crippen MR) is 104 cm³/mol. The van der Waals surface area contributed by atoms with Crippen molar-refractivity contribution in [3.63, 3.8) is 0 Å². The third-order valence-electron chi connectivity index (χ3n) is 4.66. The van der Waals surface area contributed by atoms with E-state index in [1.807, 2.05) is 31.2 Å². The molecule has 3 rings (SSSR count). The van der Waals surface area contributed by atoms with E-state index >= 15 is 0 Å². The number of halogens is 1. The predicted octanol–water partition coefficient (Wildman–Crippen LogP) is 5.35. The zero-order valence-corrected chi connectivity index (χ0v) is 16.3. The van der Waals surface area contributed by atoms with E-state index in [-0.39, 0.29) is 5.97 Å². The van der Waals surface area contributed by atoms with E-state index in [1.165, 1.54) is 12.7 Å². The SMILES string of the molecule is COC(=O)c1c(C)c(/C=C/c2ccc(Br)cc2)c(C)c2c1OCCC2. The van der Waals surface area contributed by atoms with Gasteiger partial charge in [0.05, 0.1) is 13.7 Å². The van der Waals surface area contributed by atoms with Crippen LogP contribution >= 0.6 is 15.9 Å². The second-order valence-electron chi connectivity index (χ2n) is 6.17. The lowest BCUT2D eigenvalue weighted by Gasteiger charge is -2.25. The van der Waals surface area contributed by atoms with Gasteiger partial charge in [-0.3, -0.25) is 0 Å². The fourth-order valence-electron chi connectivity index (χ4n) is 3.30. The lowest BCUT2D eigenvalue weighted by atomic mass is 9.88. The molecule has 0 amide bonds. The summed E-state index contributed by atoms with van der Waals surface area (Å²) < 4.78 is 11.9. The van der Waals surface area contributed by atoms with E-state index in [1.54, 1.807) is 0 Å². The number of hydrogen-bond donors (Lipinski definition) is 0. The molecule has 1 heterocycles. The molecule has 3 nitrogen and oxygen atoms in total. The standard InChI is InChI=1S/C21H21BrO3/c1-13-17(11-8-15-6-9-16(22)10-7-15)14(2)19(21(23)24-3)20-18(13)5-4-12-25-20/h6-11H,4-5,12H2,1-3H3/b11-8+. The van der Waals surface area contributed by atoms with E-state index in [0.717, 1.165) is 39.6 Å². The van der Waals surface area contributed by atoms with Gasteiger partial charge in [-0.15, -0.1) is 0 Å². The van der Waals surface area contributed by atoms with Crippen molar-refractivity contribution in [2.24, 2.45) is 0 Å². The number of ether oxygens (including phenoxy) is 2. The fourth-order valence-corrected chi connectivity index (χ4v) is 3.57. The fraction of sp³-hybridized carbons (Fsp3) is 0.286.